The second-order valence-electron chi connectivity index (χ2n) is 6.27. The Morgan fingerprint density at radius 3 is 1.63 bits per heavy atom. The lowest BCUT2D eigenvalue weighted by molar-refractivity contribution is -0.142. The van der Waals surface area contributed by atoms with Gasteiger partial charge in [0.15, 0.2) is 0 Å². The van der Waals surface area contributed by atoms with Crippen LogP contribution in [0.1, 0.15) is 40.5 Å². The molecule has 0 amide bonds. The molecule has 27 heavy (non-hydrogen) atoms. The molecular weight excluding hydrogens is 374 g/mol. The van der Waals surface area contributed by atoms with E-state index in [4.69, 9.17) is 27.4 Å². The summed E-state index contributed by atoms with van der Waals surface area (Å²) in [5, 5.41) is 16.6. The molecule has 9 nitrogen and oxygen atoms in total. The summed E-state index contributed by atoms with van der Waals surface area (Å²) in [6.45, 7) is 7.31. The third-order valence-electron chi connectivity index (χ3n) is 3.68. The fourth-order valence-electron chi connectivity index (χ4n) is 1.30. The van der Waals surface area contributed by atoms with E-state index in [9.17, 15) is 14.4 Å². The van der Waals surface area contributed by atoms with E-state index >= 15 is 0 Å². The Balaban J connectivity index is -0.000000322. The highest BCUT2D eigenvalue weighted by molar-refractivity contribution is 7.98. The number of thioether (sulfide) groups is 1. The van der Waals surface area contributed by atoms with Crippen molar-refractivity contribution < 1.29 is 29.3 Å². The molecule has 0 fully saturated rings. The number of rotatable bonds is 9. The van der Waals surface area contributed by atoms with Gasteiger partial charge in [-0.15, -0.1) is 0 Å². The molecule has 0 aromatic heterocycles. The average Bonchev–Trinajstić information content (AvgIpc) is 2.63. The largest absolute Gasteiger partial charge is 0.480 e. The van der Waals surface area contributed by atoms with Gasteiger partial charge in [0, 0.05) is 0 Å². The van der Waals surface area contributed by atoms with Crippen molar-refractivity contribution in [2.75, 3.05) is 19.1 Å². The van der Waals surface area contributed by atoms with E-state index in [1.165, 1.54) is 7.11 Å². The Bertz CT molecular complexity index is 423. The van der Waals surface area contributed by atoms with Crippen LogP contribution in [0.15, 0.2) is 0 Å². The molecule has 0 bridgehead atoms. The Labute approximate surface area is 166 Å². The number of carboxylic acid groups (broad SMARTS) is 2. The second kappa shape index (κ2) is 18.0. The number of carboxylic acids is 2. The molecule has 0 spiro atoms. The minimum Gasteiger partial charge on any atom is -0.480 e. The molecule has 0 unspecified atom stereocenters. The normalized spacial score (nSPS) is 14.4. The van der Waals surface area contributed by atoms with E-state index in [0.29, 0.717) is 6.42 Å². The van der Waals surface area contributed by atoms with E-state index in [1.54, 1.807) is 25.6 Å². The maximum absolute atomic E-state index is 10.7. The summed E-state index contributed by atoms with van der Waals surface area (Å²) in [6.07, 6.45) is 3.48. The van der Waals surface area contributed by atoms with Crippen molar-refractivity contribution in [1.29, 1.82) is 0 Å². The smallest absolute Gasteiger partial charge is 0.322 e. The van der Waals surface area contributed by atoms with E-state index in [-0.39, 0.29) is 17.8 Å². The standard InChI is InChI=1S/C6H13NO2S.C6H13NO2.C5H11NO2/c1-9-6(8)5(7)3-4-10-2;1-3-4(2)5(7)6(8)9;1-3(2)4(6)5(7)8/h5H,3-4,7H2,1-2H3;4-5H,3,7H2,1-2H3,(H,8,9);3-4H,6H2,1-2H3,(H,7,8)/t5-;4-,5-;4-/m000/s1. The molecule has 8 N–H and O–H groups in total. The summed E-state index contributed by atoms with van der Waals surface area (Å²) >= 11 is 1.67. The van der Waals surface area contributed by atoms with Gasteiger partial charge in [-0.25, -0.2) is 0 Å². The number of aliphatic carboxylic acids is 2. The molecule has 0 aliphatic rings. The lowest BCUT2D eigenvalue weighted by atomic mass is 10.0. The lowest BCUT2D eigenvalue weighted by Crippen LogP contribution is -2.36. The number of nitrogens with two attached hydrogens (primary N) is 3. The van der Waals surface area contributed by atoms with Gasteiger partial charge in [0.05, 0.1) is 7.11 Å². The Morgan fingerprint density at radius 2 is 1.44 bits per heavy atom. The zero-order chi connectivity index (χ0) is 22.2. The molecule has 0 aliphatic heterocycles. The van der Waals surface area contributed by atoms with Crippen molar-refractivity contribution in [3.63, 3.8) is 0 Å². The Hall–Kier alpha value is -1.36. The van der Waals surface area contributed by atoms with Gasteiger partial charge in [-0.2, -0.15) is 11.8 Å². The zero-order valence-corrected chi connectivity index (χ0v) is 18.0. The highest BCUT2D eigenvalue weighted by Crippen LogP contribution is 2.04. The average molecular weight is 412 g/mol. The van der Waals surface area contributed by atoms with Crippen molar-refractivity contribution >= 4 is 29.7 Å². The summed E-state index contributed by atoms with van der Waals surface area (Å²) in [7, 11) is 1.35. The van der Waals surface area contributed by atoms with Crippen molar-refractivity contribution in [3.05, 3.63) is 0 Å². The molecule has 4 atom stereocenters. The number of hydrogen-bond donors (Lipinski definition) is 5. The number of hydrogen-bond acceptors (Lipinski definition) is 8. The van der Waals surface area contributed by atoms with Gasteiger partial charge < -0.3 is 32.2 Å². The topological polar surface area (TPSA) is 179 Å². The first-order valence-electron chi connectivity index (χ1n) is 8.66. The van der Waals surface area contributed by atoms with Gasteiger partial charge >= 0.3 is 17.9 Å². The molecule has 10 heteroatoms. The van der Waals surface area contributed by atoms with Crippen molar-refractivity contribution in [2.45, 2.75) is 58.7 Å². The Kier molecular flexibility index (Phi) is 20.3. The molecule has 0 heterocycles. The van der Waals surface area contributed by atoms with Crippen molar-refractivity contribution in [3.8, 4) is 0 Å². The van der Waals surface area contributed by atoms with Gasteiger partial charge in [0.25, 0.3) is 0 Å². The van der Waals surface area contributed by atoms with Crippen LogP contribution < -0.4 is 17.2 Å². The van der Waals surface area contributed by atoms with Crippen LogP contribution in [0, 0.1) is 11.8 Å². The van der Waals surface area contributed by atoms with E-state index < -0.39 is 30.1 Å². The fourth-order valence-corrected chi connectivity index (χ4v) is 1.79. The number of methoxy groups -OCH3 is 1. The van der Waals surface area contributed by atoms with Crippen molar-refractivity contribution in [2.24, 2.45) is 29.0 Å². The van der Waals surface area contributed by atoms with Crippen LogP contribution >= 0.6 is 11.8 Å². The number of esters is 1. The van der Waals surface area contributed by atoms with Crippen LogP contribution in [-0.4, -0.2) is 65.4 Å². The highest BCUT2D eigenvalue weighted by atomic mass is 32.2. The summed E-state index contributed by atoms with van der Waals surface area (Å²) in [5.74, 6) is -1.18. The maximum Gasteiger partial charge on any atom is 0.322 e. The SMILES string of the molecule is CC(C)[C@H](N)C(=O)O.CC[C@H](C)[C@H](N)C(=O)O.COC(=O)[C@@H](N)CCSC. The fraction of sp³-hybridized carbons (Fsp3) is 0.824. The highest BCUT2D eigenvalue weighted by Gasteiger charge is 2.17. The van der Waals surface area contributed by atoms with Crippen LogP contribution in [0.3, 0.4) is 0 Å². The monoisotopic (exact) mass is 411 g/mol. The molecule has 0 saturated heterocycles. The molecule has 0 aromatic carbocycles. The predicted octanol–water partition coefficient (Wildman–Crippen LogP) is 0.739. The third-order valence-corrected chi connectivity index (χ3v) is 4.33. The van der Waals surface area contributed by atoms with Crippen LogP contribution in [0.5, 0.6) is 0 Å². The quantitative estimate of drug-likeness (QED) is 0.340. The number of ether oxygens (including phenoxy) is 1. The molecule has 162 valence electrons. The molecule has 0 aliphatic carbocycles. The minimum absolute atomic E-state index is 0.0208. The molecule has 0 rings (SSSR count). The first kappa shape index (κ1) is 30.4. The van der Waals surface area contributed by atoms with E-state index in [1.807, 2.05) is 20.1 Å². The van der Waals surface area contributed by atoms with Gasteiger partial charge in [-0.3, -0.25) is 14.4 Å². The molecule has 0 aromatic rings. The van der Waals surface area contributed by atoms with Crippen LogP contribution in [0.2, 0.25) is 0 Å². The van der Waals surface area contributed by atoms with E-state index in [0.717, 1.165) is 12.2 Å². The minimum atomic E-state index is -0.931. The maximum atomic E-state index is 10.7. The third kappa shape index (κ3) is 17.8. The van der Waals surface area contributed by atoms with Gasteiger partial charge in [0.2, 0.25) is 0 Å². The first-order valence-corrected chi connectivity index (χ1v) is 10.1. The van der Waals surface area contributed by atoms with Crippen LogP contribution in [0.4, 0.5) is 0 Å². The van der Waals surface area contributed by atoms with E-state index in [2.05, 4.69) is 4.74 Å². The summed E-state index contributed by atoms with van der Waals surface area (Å²) in [4.78, 5) is 30.9. The zero-order valence-electron chi connectivity index (χ0n) is 17.2. The second-order valence-corrected chi connectivity index (χ2v) is 7.25. The lowest BCUT2D eigenvalue weighted by Gasteiger charge is -2.11. The van der Waals surface area contributed by atoms with Gasteiger partial charge in [0.1, 0.15) is 18.1 Å². The van der Waals surface area contributed by atoms with Gasteiger partial charge in [-0.05, 0) is 30.3 Å². The molecule has 0 radical (unpaired) electrons. The van der Waals surface area contributed by atoms with Crippen LogP contribution in [-0.2, 0) is 19.1 Å². The summed E-state index contributed by atoms with van der Waals surface area (Å²) < 4.78 is 4.44. The predicted molar refractivity (Wildman–Crippen MR) is 109 cm³/mol. The number of carbonyl (C=O) groups is 3. The molecule has 0 saturated carbocycles. The first-order chi connectivity index (χ1) is 12.4. The Morgan fingerprint density at radius 1 is 1.00 bits per heavy atom. The molecular formula is C17H37N3O6S. The van der Waals surface area contributed by atoms with Crippen molar-refractivity contribution in [1.82, 2.24) is 0 Å². The van der Waals surface area contributed by atoms with Crippen LogP contribution in [0.25, 0.3) is 0 Å². The number of carbonyl (C=O) groups excluding carboxylic acids is 1. The summed E-state index contributed by atoms with van der Waals surface area (Å²) in [5.41, 5.74) is 15.9. The van der Waals surface area contributed by atoms with Gasteiger partial charge in [-0.1, -0.05) is 34.1 Å². The summed E-state index contributed by atoms with van der Waals surface area (Å²) in [6, 6.07) is -1.86.